The van der Waals surface area contributed by atoms with E-state index >= 15 is 0 Å². The largest absolute Gasteiger partial charge is 0.492 e. The summed E-state index contributed by atoms with van der Waals surface area (Å²) < 4.78 is 11.3. The predicted molar refractivity (Wildman–Crippen MR) is 77.8 cm³/mol. The first-order chi connectivity index (χ1) is 11.0. The van der Waals surface area contributed by atoms with E-state index in [-0.39, 0.29) is 18.1 Å². The van der Waals surface area contributed by atoms with E-state index in [0.717, 1.165) is 6.08 Å². The number of Topliss-reactive ketones (excluding diaryl/α,β-unsaturated/α-hetero) is 1. The van der Waals surface area contributed by atoms with Crippen LogP contribution in [0.3, 0.4) is 0 Å². The van der Waals surface area contributed by atoms with Crippen LogP contribution in [0.25, 0.3) is 0 Å². The number of aliphatic hydroxyl groups excluding tert-OH is 1. The molecule has 7 heteroatoms. The number of carbonyl (C=O) groups excluding carboxylic acids is 3. The number of methoxy groups -OCH3 is 1. The van der Waals surface area contributed by atoms with E-state index in [2.05, 4.69) is 0 Å². The number of nitrogens with zero attached hydrogens (tertiary/aromatic N) is 1. The van der Waals surface area contributed by atoms with Crippen LogP contribution in [0.4, 0.5) is 0 Å². The van der Waals surface area contributed by atoms with Gasteiger partial charge < -0.3 is 14.6 Å². The lowest BCUT2D eigenvalue weighted by Gasteiger charge is -2.20. The summed E-state index contributed by atoms with van der Waals surface area (Å²) in [4.78, 5) is 36.1. The summed E-state index contributed by atoms with van der Waals surface area (Å²) in [6.45, 7) is 1.10. The summed E-state index contributed by atoms with van der Waals surface area (Å²) >= 11 is 0. The van der Waals surface area contributed by atoms with Crippen LogP contribution in [0.2, 0.25) is 0 Å². The summed E-state index contributed by atoms with van der Waals surface area (Å²) in [5.41, 5.74) is 1.66. The third-order valence-corrected chi connectivity index (χ3v) is 4.19. The number of carbonyl (C=O) groups is 3. The molecule has 1 N–H and O–H groups in total. The quantitative estimate of drug-likeness (QED) is 0.844. The molecule has 2 heterocycles. The molecular formula is C16H17NO6. The maximum Gasteiger partial charge on any atom is 0.302 e. The van der Waals surface area contributed by atoms with Gasteiger partial charge in [-0.1, -0.05) is 0 Å². The minimum absolute atomic E-state index is 0.0593. The molecule has 0 radical (unpaired) electrons. The van der Waals surface area contributed by atoms with Crippen LogP contribution in [0, 0.1) is 0 Å². The van der Waals surface area contributed by atoms with Crippen LogP contribution in [0.5, 0.6) is 0 Å². The van der Waals surface area contributed by atoms with Crippen LogP contribution in [-0.2, 0) is 27.3 Å². The Bertz CT molecular complexity index is 742. The number of aromatic nitrogens is 1. The van der Waals surface area contributed by atoms with E-state index in [1.807, 2.05) is 0 Å². The summed E-state index contributed by atoms with van der Waals surface area (Å²) in [6, 6.07) is 0. The Kier molecular flexibility index (Phi) is 3.81. The zero-order valence-corrected chi connectivity index (χ0v) is 12.9. The van der Waals surface area contributed by atoms with E-state index in [1.165, 1.54) is 18.6 Å². The van der Waals surface area contributed by atoms with Gasteiger partial charge in [0.05, 0.1) is 19.3 Å². The van der Waals surface area contributed by atoms with E-state index in [1.54, 1.807) is 0 Å². The zero-order chi connectivity index (χ0) is 16.7. The maximum absolute atomic E-state index is 12.6. The second-order valence-corrected chi connectivity index (χ2v) is 5.59. The van der Waals surface area contributed by atoms with E-state index in [0.29, 0.717) is 36.1 Å². The van der Waals surface area contributed by atoms with Gasteiger partial charge in [0, 0.05) is 23.7 Å². The monoisotopic (exact) mass is 319 g/mol. The van der Waals surface area contributed by atoms with E-state index in [9.17, 15) is 19.5 Å². The van der Waals surface area contributed by atoms with Crippen LogP contribution in [0.1, 0.15) is 58.0 Å². The molecule has 0 amide bonds. The molecule has 0 saturated heterocycles. The lowest BCUT2D eigenvalue weighted by atomic mass is 9.91. The first-order valence-electron chi connectivity index (χ1n) is 7.38. The van der Waals surface area contributed by atoms with Crippen molar-refractivity contribution in [2.24, 2.45) is 0 Å². The average Bonchev–Trinajstić information content (AvgIpc) is 2.85. The second kappa shape index (κ2) is 5.66. The van der Waals surface area contributed by atoms with Crippen molar-refractivity contribution in [2.75, 3.05) is 7.11 Å². The number of hydrogen-bond donors (Lipinski definition) is 1. The molecular weight excluding hydrogens is 302 g/mol. The van der Waals surface area contributed by atoms with Crippen molar-refractivity contribution in [2.45, 2.75) is 38.9 Å². The molecule has 0 saturated carbocycles. The van der Waals surface area contributed by atoms with Crippen molar-refractivity contribution in [3.63, 3.8) is 0 Å². The van der Waals surface area contributed by atoms with Crippen LogP contribution in [-0.4, -0.2) is 34.4 Å². The Morgan fingerprint density at radius 2 is 2.17 bits per heavy atom. The van der Waals surface area contributed by atoms with Crippen molar-refractivity contribution in [1.29, 1.82) is 0 Å². The van der Waals surface area contributed by atoms with Crippen molar-refractivity contribution < 1.29 is 29.0 Å². The first kappa shape index (κ1) is 15.5. The summed E-state index contributed by atoms with van der Waals surface area (Å²) in [5.74, 6) is -1.40. The number of ketones is 1. The highest BCUT2D eigenvalue weighted by Crippen LogP contribution is 2.38. The molecule has 1 atom stereocenters. The Hall–Kier alpha value is -2.41. The van der Waals surface area contributed by atoms with Crippen molar-refractivity contribution in [3.8, 4) is 0 Å². The number of fused-ring (bicyclic) bond motifs is 3. The van der Waals surface area contributed by atoms with Gasteiger partial charge in [-0.3, -0.25) is 19.0 Å². The van der Waals surface area contributed by atoms with Gasteiger partial charge in [0.2, 0.25) is 5.78 Å². The minimum atomic E-state index is -0.783. The van der Waals surface area contributed by atoms with Crippen LogP contribution >= 0.6 is 0 Å². The van der Waals surface area contributed by atoms with Gasteiger partial charge >= 0.3 is 5.97 Å². The highest BCUT2D eigenvalue weighted by Gasteiger charge is 2.38. The second-order valence-electron chi connectivity index (χ2n) is 5.59. The van der Waals surface area contributed by atoms with Gasteiger partial charge in [0.25, 0.3) is 5.91 Å². The highest BCUT2D eigenvalue weighted by atomic mass is 16.5. The SMILES string of the molecule is COC1=CC(=O)n2c3c(c(COC(C)=O)c2C1=O)C(O)CCC3. The van der Waals surface area contributed by atoms with Crippen molar-refractivity contribution in [1.82, 2.24) is 4.57 Å². The molecule has 1 aliphatic heterocycles. The van der Waals surface area contributed by atoms with E-state index < -0.39 is 23.8 Å². The van der Waals surface area contributed by atoms with Crippen LogP contribution < -0.4 is 0 Å². The summed E-state index contributed by atoms with van der Waals surface area (Å²) in [6.07, 6.45) is 2.19. The van der Waals surface area contributed by atoms with Gasteiger partial charge in [0.15, 0.2) is 5.76 Å². The number of rotatable bonds is 3. The zero-order valence-electron chi connectivity index (χ0n) is 12.9. The maximum atomic E-state index is 12.6. The summed E-state index contributed by atoms with van der Waals surface area (Å²) in [7, 11) is 1.32. The molecule has 1 aliphatic carbocycles. The lowest BCUT2D eigenvalue weighted by Crippen LogP contribution is -2.26. The molecule has 1 aromatic rings. The smallest absolute Gasteiger partial charge is 0.302 e. The van der Waals surface area contributed by atoms with Crippen molar-refractivity contribution >= 4 is 17.7 Å². The third-order valence-electron chi connectivity index (χ3n) is 4.19. The first-order valence-corrected chi connectivity index (χ1v) is 7.38. The van der Waals surface area contributed by atoms with Crippen LogP contribution in [0.15, 0.2) is 11.8 Å². The van der Waals surface area contributed by atoms with E-state index in [4.69, 9.17) is 9.47 Å². The fraction of sp³-hybridized carbons (Fsp3) is 0.438. The van der Waals surface area contributed by atoms with Gasteiger partial charge in [0.1, 0.15) is 12.3 Å². The molecule has 7 nitrogen and oxygen atoms in total. The molecule has 0 aromatic carbocycles. The Morgan fingerprint density at radius 1 is 1.43 bits per heavy atom. The number of esters is 1. The molecule has 0 spiro atoms. The Labute approximate surface area is 132 Å². The standard InChI is InChI=1S/C16H17NO6/c1-8(18)23-7-9-14-10(4-3-5-11(14)19)17-13(20)6-12(22-2)16(21)15(9)17/h6,11,19H,3-5,7H2,1-2H3. The topological polar surface area (TPSA) is 94.8 Å². The lowest BCUT2D eigenvalue weighted by molar-refractivity contribution is -0.142. The molecule has 1 unspecified atom stereocenters. The molecule has 122 valence electrons. The van der Waals surface area contributed by atoms with Gasteiger partial charge in [-0.2, -0.15) is 0 Å². The molecule has 1 aromatic heterocycles. The van der Waals surface area contributed by atoms with Gasteiger partial charge in [-0.25, -0.2) is 0 Å². The molecule has 2 aliphatic rings. The number of allylic oxidation sites excluding steroid dienone is 2. The molecule has 0 fully saturated rings. The van der Waals surface area contributed by atoms with Gasteiger partial charge in [-0.15, -0.1) is 0 Å². The minimum Gasteiger partial charge on any atom is -0.492 e. The molecule has 3 rings (SSSR count). The fourth-order valence-corrected chi connectivity index (χ4v) is 3.25. The summed E-state index contributed by atoms with van der Waals surface area (Å²) in [5, 5.41) is 10.3. The normalized spacial score (nSPS) is 19.8. The number of aliphatic hydroxyl groups is 1. The van der Waals surface area contributed by atoms with Gasteiger partial charge in [-0.05, 0) is 19.3 Å². The van der Waals surface area contributed by atoms with Crippen molar-refractivity contribution in [3.05, 3.63) is 34.3 Å². The third kappa shape index (κ3) is 2.37. The average molecular weight is 319 g/mol. The Morgan fingerprint density at radius 3 is 2.83 bits per heavy atom. The molecule has 23 heavy (non-hydrogen) atoms. The molecule has 0 bridgehead atoms. The highest BCUT2D eigenvalue weighted by molar-refractivity contribution is 6.16. The number of ether oxygens (including phenoxy) is 2. The fourth-order valence-electron chi connectivity index (χ4n) is 3.25. The Balaban J connectivity index is 2.21. The predicted octanol–water partition coefficient (Wildman–Crippen LogP) is 1.29. The number of hydrogen-bond acceptors (Lipinski definition) is 6.